The van der Waals surface area contributed by atoms with Crippen LogP contribution in [0, 0.1) is 11.7 Å². The summed E-state index contributed by atoms with van der Waals surface area (Å²) >= 11 is 0. The average Bonchev–Trinajstić information content (AvgIpc) is 3.65. The summed E-state index contributed by atoms with van der Waals surface area (Å²) in [6.45, 7) is 0.811. The number of oxazole rings is 1. The van der Waals surface area contributed by atoms with E-state index in [2.05, 4.69) is 4.98 Å². The SMILES string of the molecule is O=C(O)C1CCC(OC[C@@H]2C[C@H](F)CN2C(=O)Cc2ccc3nc(N4CCc5ccccc54)oc3c2F)CC1. The van der Waals surface area contributed by atoms with Gasteiger partial charge in [0, 0.05) is 24.2 Å². The fourth-order valence-electron chi connectivity index (χ4n) is 6.09. The van der Waals surface area contributed by atoms with Crippen LogP contribution < -0.4 is 4.90 Å². The number of hydrogen-bond donors (Lipinski definition) is 1. The molecule has 1 aromatic heterocycles. The molecule has 1 saturated carbocycles. The van der Waals surface area contributed by atoms with Crippen LogP contribution in [0.4, 0.5) is 20.5 Å². The predicted molar refractivity (Wildman–Crippen MR) is 139 cm³/mol. The number of hydrogen-bond acceptors (Lipinski definition) is 6. The lowest BCUT2D eigenvalue weighted by molar-refractivity contribution is -0.144. The number of anilines is 2. The molecule has 3 aliphatic rings. The van der Waals surface area contributed by atoms with Crippen LogP contribution in [0.1, 0.15) is 43.2 Å². The quantitative estimate of drug-likeness (QED) is 0.461. The molecule has 39 heavy (non-hydrogen) atoms. The predicted octanol–water partition coefficient (Wildman–Crippen LogP) is 4.80. The average molecular weight is 540 g/mol. The normalized spacial score (nSPS) is 24.9. The van der Waals surface area contributed by atoms with Crippen LogP contribution in [-0.2, 0) is 27.2 Å². The van der Waals surface area contributed by atoms with Crippen LogP contribution in [0.3, 0.4) is 0 Å². The zero-order valence-electron chi connectivity index (χ0n) is 21.5. The van der Waals surface area contributed by atoms with E-state index in [-0.39, 0.29) is 55.1 Å². The van der Waals surface area contributed by atoms with Crippen LogP contribution in [0.2, 0.25) is 0 Å². The van der Waals surface area contributed by atoms with Gasteiger partial charge >= 0.3 is 12.0 Å². The van der Waals surface area contributed by atoms with Crippen molar-refractivity contribution >= 4 is 34.7 Å². The number of carbonyl (C=O) groups excluding carboxylic acids is 1. The number of carboxylic acid groups (broad SMARTS) is 1. The second-order valence-electron chi connectivity index (χ2n) is 10.8. The molecule has 10 heteroatoms. The van der Waals surface area contributed by atoms with Gasteiger partial charge in [-0.2, -0.15) is 4.98 Å². The molecule has 0 bridgehead atoms. The van der Waals surface area contributed by atoms with E-state index in [4.69, 9.17) is 9.15 Å². The van der Waals surface area contributed by atoms with Gasteiger partial charge in [0.2, 0.25) is 5.91 Å². The topological polar surface area (TPSA) is 96.1 Å². The number of rotatable bonds is 7. The molecular weight excluding hydrogens is 508 g/mol. The zero-order chi connectivity index (χ0) is 27.1. The molecule has 1 aliphatic carbocycles. The number of ether oxygens (including phenoxy) is 1. The van der Waals surface area contributed by atoms with Gasteiger partial charge in [-0.1, -0.05) is 24.3 Å². The van der Waals surface area contributed by atoms with E-state index in [0.29, 0.717) is 43.8 Å². The Balaban J connectivity index is 1.12. The van der Waals surface area contributed by atoms with Gasteiger partial charge in [-0.15, -0.1) is 0 Å². The van der Waals surface area contributed by atoms with Crippen molar-refractivity contribution in [3.05, 3.63) is 53.3 Å². The van der Waals surface area contributed by atoms with E-state index in [1.807, 2.05) is 29.2 Å². The number of amides is 1. The first kappa shape index (κ1) is 25.7. The zero-order valence-corrected chi connectivity index (χ0v) is 21.5. The molecule has 2 aromatic carbocycles. The fraction of sp³-hybridized carbons (Fsp3) is 0.483. The summed E-state index contributed by atoms with van der Waals surface area (Å²) in [6, 6.07) is 11.0. The number of halogens is 2. The maximum atomic E-state index is 15.5. The van der Waals surface area contributed by atoms with Crippen molar-refractivity contribution in [2.45, 2.75) is 63.3 Å². The van der Waals surface area contributed by atoms with Gasteiger partial charge in [-0.25, -0.2) is 8.78 Å². The van der Waals surface area contributed by atoms with Crippen molar-refractivity contribution in [2.24, 2.45) is 5.92 Å². The largest absolute Gasteiger partial charge is 0.481 e. The van der Waals surface area contributed by atoms with Gasteiger partial charge in [0.15, 0.2) is 11.4 Å². The summed E-state index contributed by atoms with van der Waals surface area (Å²) in [7, 11) is 0. The summed E-state index contributed by atoms with van der Waals surface area (Å²) in [5.41, 5.74) is 2.71. The van der Waals surface area contributed by atoms with E-state index in [9.17, 15) is 19.1 Å². The van der Waals surface area contributed by atoms with Crippen molar-refractivity contribution in [3.63, 3.8) is 0 Å². The third kappa shape index (κ3) is 5.09. The van der Waals surface area contributed by atoms with Gasteiger partial charge in [0.25, 0.3) is 0 Å². The van der Waals surface area contributed by atoms with Crippen LogP contribution in [0.15, 0.2) is 40.8 Å². The Labute approximate surface area is 224 Å². The molecule has 2 aliphatic heterocycles. The van der Waals surface area contributed by atoms with Crippen molar-refractivity contribution in [2.75, 3.05) is 24.6 Å². The number of para-hydroxylation sites is 1. The number of likely N-dealkylation sites (tertiary alicyclic amines) is 1. The molecule has 1 N–H and O–H groups in total. The maximum absolute atomic E-state index is 15.5. The smallest absolute Gasteiger partial charge is 0.306 e. The van der Waals surface area contributed by atoms with E-state index >= 15 is 4.39 Å². The van der Waals surface area contributed by atoms with Crippen LogP contribution in [0.5, 0.6) is 0 Å². The number of carbonyl (C=O) groups is 2. The molecular formula is C29H31F2N3O5. The van der Waals surface area contributed by atoms with Crippen molar-refractivity contribution in [1.82, 2.24) is 9.88 Å². The number of aromatic nitrogens is 1. The second kappa shape index (κ2) is 10.6. The lowest BCUT2D eigenvalue weighted by Gasteiger charge is -2.29. The highest BCUT2D eigenvalue weighted by atomic mass is 19.1. The number of aliphatic carboxylic acids is 1. The van der Waals surface area contributed by atoms with E-state index in [1.165, 1.54) is 16.5 Å². The van der Waals surface area contributed by atoms with Gasteiger partial charge in [-0.3, -0.25) is 14.5 Å². The Hall–Kier alpha value is -3.53. The first-order valence-electron chi connectivity index (χ1n) is 13.6. The van der Waals surface area contributed by atoms with Crippen molar-refractivity contribution in [3.8, 4) is 0 Å². The minimum absolute atomic E-state index is 0.00122. The highest BCUT2D eigenvalue weighted by molar-refractivity contribution is 5.83. The second-order valence-corrected chi connectivity index (χ2v) is 10.8. The monoisotopic (exact) mass is 539 g/mol. The Morgan fingerprint density at radius 3 is 2.72 bits per heavy atom. The molecule has 3 aromatic rings. The fourth-order valence-corrected chi connectivity index (χ4v) is 6.09. The molecule has 8 nitrogen and oxygen atoms in total. The summed E-state index contributed by atoms with van der Waals surface area (Å²) in [4.78, 5) is 32.2. The molecule has 0 unspecified atom stereocenters. The third-order valence-electron chi connectivity index (χ3n) is 8.26. The molecule has 0 spiro atoms. The number of nitrogens with zero attached hydrogens (tertiary/aromatic N) is 3. The van der Waals surface area contributed by atoms with Crippen LogP contribution in [-0.4, -0.2) is 64.9 Å². The molecule has 2 atom stereocenters. The van der Waals surface area contributed by atoms with E-state index in [1.54, 1.807) is 6.07 Å². The lowest BCUT2D eigenvalue weighted by atomic mass is 9.87. The van der Waals surface area contributed by atoms with Crippen molar-refractivity contribution in [1.29, 1.82) is 0 Å². The van der Waals surface area contributed by atoms with Gasteiger partial charge in [0.1, 0.15) is 11.7 Å². The molecule has 206 valence electrons. The molecule has 3 heterocycles. The van der Waals surface area contributed by atoms with Gasteiger partial charge in [0.05, 0.1) is 37.6 Å². The highest BCUT2D eigenvalue weighted by Crippen LogP contribution is 2.36. The lowest BCUT2D eigenvalue weighted by Crippen LogP contribution is -2.40. The first-order chi connectivity index (χ1) is 18.9. The minimum Gasteiger partial charge on any atom is -0.481 e. The summed E-state index contributed by atoms with van der Waals surface area (Å²) in [6.07, 6.45) is 1.88. The molecule has 2 fully saturated rings. The van der Waals surface area contributed by atoms with E-state index < -0.39 is 24.0 Å². The number of alkyl halides is 1. The Bertz CT molecular complexity index is 1390. The summed E-state index contributed by atoms with van der Waals surface area (Å²) in [5, 5.41) is 9.17. The molecule has 0 radical (unpaired) electrons. The highest BCUT2D eigenvalue weighted by Gasteiger charge is 2.37. The third-order valence-corrected chi connectivity index (χ3v) is 8.26. The molecule has 1 amide bonds. The Morgan fingerprint density at radius 1 is 1.13 bits per heavy atom. The molecule has 6 rings (SSSR count). The van der Waals surface area contributed by atoms with E-state index in [0.717, 1.165) is 12.1 Å². The van der Waals surface area contributed by atoms with Gasteiger partial charge < -0.3 is 19.2 Å². The molecule has 1 saturated heterocycles. The van der Waals surface area contributed by atoms with Crippen LogP contribution >= 0.6 is 0 Å². The summed E-state index contributed by atoms with van der Waals surface area (Å²) in [5.74, 6) is -2.13. The number of fused-ring (bicyclic) bond motifs is 2. The Kier molecular flexibility index (Phi) is 6.97. The van der Waals surface area contributed by atoms with Gasteiger partial charge in [-0.05, 0) is 49.8 Å². The Morgan fingerprint density at radius 2 is 1.92 bits per heavy atom. The minimum atomic E-state index is -1.17. The number of carboxylic acids is 1. The van der Waals surface area contributed by atoms with Crippen molar-refractivity contribution < 1.29 is 32.6 Å². The summed E-state index contributed by atoms with van der Waals surface area (Å²) < 4.78 is 41.7. The van der Waals surface area contributed by atoms with Crippen LogP contribution in [0.25, 0.3) is 11.1 Å². The standard InChI is InChI=1S/C29H31F2N3O5/c30-20-14-21(16-38-22-8-5-18(6-9-22)28(36)37)34(15-20)25(35)13-19-7-10-23-27(26(19)31)39-29(32-23)33-12-11-17-3-1-2-4-24(17)33/h1-4,7,10,18,20-22H,5-6,8-9,11-16H2,(H,36,37)/t18?,20-,21-,22?/m0/s1. The number of benzene rings is 2. The first-order valence-corrected chi connectivity index (χ1v) is 13.6. The maximum Gasteiger partial charge on any atom is 0.306 e.